The van der Waals surface area contributed by atoms with Gasteiger partial charge in [0.1, 0.15) is 0 Å². The average molecular weight is 212 g/mol. The second kappa shape index (κ2) is 8.19. The third kappa shape index (κ3) is 6.87. The molecule has 0 fully saturated rings. The van der Waals surface area contributed by atoms with Gasteiger partial charge in [-0.1, -0.05) is 0 Å². The molecule has 0 amide bonds. The second-order valence-electron chi connectivity index (χ2n) is 2.81. The van der Waals surface area contributed by atoms with Gasteiger partial charge in [0.05, 0.1) is 38.2 Å². The van der Waals surface area contributed by atoms with E-state index >= 15 is 0 Å². The molecule has 84 valence electrons. The van der Waals surface area contributed by atoms with Crippen molar-refractivity contribution in [3.63, 3.8) is 0 Å². The van der Waals surface area contributed by atoms with E-state index in [0.717, 1.165) is 0 Å². The van der Waals surface area contributed by atoms with Crippen LogP contribution < -0.4 is 0 Å². The lowest BCUT2D eigenvalue weighted by Gasteiger charge is -2.28. The summed E-state index contributed by atoms with van der Waals surface area (Å²) in [5.41, 5.74) is 0. The minimum atomic E-state index is -1.15. The van der Waals surface area contributed by atoms with Crippen molar-refractivity contribution in [3.05, 3.63) is 0 Å². The second-order valence-corrected chi connectivity index (χ2v) is 2.81. The Hall–Kier alpha value is -1.14. The molecule has 0 aromatic rings. The molecule has 15 heavy (non-hydrogen) atoms. The van der Waals surface area contributed by atoms with Crippen LogP contribution in [0.1, 0.15) is 26.7 Å². The third-order valence-electron chi connectivity index (χ3n) is 1.56. The summed E-state index contributed by atoms with van der Waals surface area (Å²) in [5, 5.41) is 16.7. The van der Waals surface area contributed by atoms with E-state index in [4.69, 9.17) is 24.7 Å². The molecule has 0 unspecified atom stereocenters. The Balaban J connectivity index is 3.96. The van der Waals surface area contributed by atoms with Crippen molar-refractivity contribution in [3.8, 4) is 12.1 Å². The maximum absolute atomic E-state index is 8.35. The van der Waals surface area contributed by atoms with Crippen LogP contribution in [0.2, 0.25) is 0 Å². The lowest BCUT2D eigenvalue weighted by Crippen LogP contribution is -2.36. The van der Waals surface area contributed by atoms with E-state index in [0.29, 0.717) is 6.61 Å². The molecule has 0 rings (SSSR count). The van der Waals surface area contributed by atoms with Crippen LogP contribution in [0.4, 0.5) is 0 Å². The van der Waals surface area contributed by atoms with Crippen molar-refractivity contribution in [2.75, 3.05) is 19.8 Å². The van der Waals surface area contributed by atoms with Gasteiger partial charge in [0.2, 0.25) is 0 Å². The smallest absolute Gasteiger partial charge is 0.279 e. The number of hydrogen-bond acceptors (Lipinski definition) is 5. The Morgan fingerprint density at radius 1 is 1.00 bits per heavy atom. The van der Waals surface area contributed by atoms with E-state index in [1.54, 1.807) is 6.92 Å². The van der Waals surface area contributed by atoms with Crippen LogP contribution >= 0.6 is 0 Å². The summed E-state index contributed by atoms with van der Waals surface area (Å²) < 4.78 is 15.8. The molecule has 5 heteroatoms. The fourth-order valence-electron chi connectivity index (χ4n) is 0.951. The summed E-state index contributed by atoms with van der Waals surface area (Å²) in [6.45, 7) is 4.39. The van der Waals surface area contributed by atoms with Crippen LogP contribution in [0.15, 0.2) is 0 Å². The van der Waals surface area contributed by atoms with Gasteiger partial charge in [-0.05, 0) is 6.92 Å². The molecule has 0 aromatic carbocycles. The molecular formula is C10H16N2O3. The van der Waals surface area contributed by atoms with Crippen molar-refractivity contribution in [2.24, 2.45) is 0 Å². The highest BCUT2D eigenvalue weighted by atomic mass is 16.9. The molecule has 0 aliphatic heterocycles. The number of nitrogens with zero attached hydrogens (tertiary/aromatic N) is 2. The quantitative estimate of drug-likeness (QED) is 0.450. The van der Waals surface area contributed by atoms with Crippen LogP contribution in [0.5, 0.6) is 0 Å². The Morgan fingerprint density at radius 3 is 1.80 bits per heavy atom. The molecule has 5 nitrogen and oxygen atoms in total. The highest BCUT2D eigenvalue weighted by molar-refractivity contribution is 4.69. The molecule has 0 radical (unpaired) electrons. The van der Waals surface area contributed by atoms with Crippen molar-refractivity contribution in [1.82, 2.24) is 0 Å². The minimum absolute atomic E-state index is 0.250. The van der Waals surface area contributed by atoms with Crippen LogP contribution in [0.25, 0.3) is 0 Å². The predicted molar refractivity (Wildman–Crippen MR) is 52.4 cm³/mol. The number of ether oxygens (including phenoxy) is 3. The molecule has 0 atom stereocenters. The van der Waals surface area contributed by atoms with Crippen molar-refractivity contribution in [2.45, 2.75) is 32.7 Å². The van der Waals surface area contributed by atoms with Crippen molar-refractivity contribution in [1.29, 1.82) is 10.5 Å². The fraction of sp³-hybridized carbons (Fsp3) is 0.800. The fourth-order valence-corrected chi connectivity index (χ4v) is 0.951. The highest BCUT2D eigenvalue weighted by Gasteiger charge is 2.26. The summed E-state index contributed by atoms with van der Waals surface area (Å²) in [4.78, 5) is 0. The molecule has 0 aromatic heterocycles. The topological polar surface area (TPSA) is 75.3 Å². The normalized spacial score (nSPS) is 10.7. The summed E-state index contributed by atoms with van der Waals surface area (Å²) in [6.07, 6.45) is 0.564. The Labute approximate surface area is 90.1 Å². The summed E-state index contributed by atoms with van der Waals surface area (Å²) in [5.74, 6) is -1.15. The van der Waals surface area contributed by atoms with Gasteiger partial charge in [-0.2, -0.15) is 10.5 Å². The first-order valence-corrected chi connectivity index (χ1v) is 4.84. The summed E-state index contributed by atoms with van der Waals surface area (Å²) >= 11 is 0. The zero-order valence-corrected chi connectivity index (χ0v) is 9.15. The van der Waals surface area contributed by atoms with E-state index in [1.165, 1.54) is 0 Å². The number of nitriles is 2. The first-order chi connectivity index (χ1) is 7.18. The van der Waals surface area contributed by atoms with Gasteiger partial charge in [0, 0.05) is 13.5 Å². The molecule has 0 heterocycles. The van der Waals surface area contributed by atoms with Crippen LogP contribution in [-0.2, 0) is 14.2 Å². The molecule has 0 N–H and O–H groups in total. The molecule has 0 bridgehead atoms. The van der Waals surface area contributed by atoms with Crippen molar-refractivity contribution >= 4 is 0 Å². The maximum Gasteiger partial charge on any atom is 0.279 e. The van der Waals surface area contributed by atoms with E-state index in [-0.39, 0.29) is 26.1 Å². The number of hydrogen-bond donors (Lipinski definition) is 0. The zero-order valence-electron chi connectivity index (χ0n) is 9.15. The third-order valence-corrected chi connectivity index (χ3v) is 1.56. The monoisotopic (exact) mass is 212 g/mol. The standard InChI is InChI=1S/C10H16N2O3/c1-3-13-10(2,14-8-4-6-11)15-9-5-7-12/h3-5,8-9H2,1-2H3. The lowest BCUT2D eigenvalue weighted by molar-refractivity contribution is -0.367. The largest absolute Gasteiger partial charge is 0.328 e. The molecule has 0 aliphatic rings. The van der Waals surface area contributed by atoms with Gasteiger partial charge in [0.25, 0.3) is 5.97 Å². The molecule has 0 saturated heterocycles. The summed E-state index contributed by atoms with van der Waals surface area (Å²) in [7, 11) is 0. The Bertz CT molecular complexity index is 222. The van der Waals surface area contributed by atoms with Crippen LogP contribution in [0.3, 0.4) is 0 Å². The SMILES string of the molecule is CCOC(C)(OCCC#N)OCCC#N. The van der Waals surface area contributed by atoms with Gasteiger partial charge in [0.15, 0.2) is 0 Å². The number of rotatable bonds is 8. The van der Waals surface area contributed by atoms with E-state index < -0.39 is 5.97 Å². The summed E-state index contributed by atoms with van der Waals surface area (Å²) in [6, 6.07) is 3.92. The van der Waals surface area contributed by atoms with Gasteiger partial charge >= 0.3 is 0 Å². The van der Waals surface area contributed by atoms with Gasteiger partial charge in [-0.3, -0.25) is 0 Å². The highest BCUT2D eigenvalue weighted by Crippen LogP contribution is 2.15. The van der Waals surface area contributed by atoms with Gasteiger partial charge < -0.3 is 14.2 Å². The zero-order chi connectivity index (χ0) is 11.6. The lowest BCUT2D eigenvalue weighted by atomic mass is 10.5. The van der Waals surface area contributed by atoms with E-state index in [9.17, 15) is 0 Å². The van der Waals surface area contributed by atoms with Gasteiger partial charge in [-0.25, -0.2) is 0 Å². The van der Waals surface area contributed by atoms with Crippen LogP contribution in [-0.4, -0.2) is 25.8 Å². The Kier molecular flexibility index (Phi) is 7.57. The molecule has 0 saturated carbocycles. The molecule has 0 aliphatic carbocycles. The Morgan fingerprint density at radius 2 is 1.47 bits per heavy atom. The van der Waals surface area contributed by atoms with Crippen LogP contribution in [0, 0.1) is 22.7 Å². The first kappa shape index (κ1) is 13.9. The van der Waals surface area contributed by atoms with E-state index in [2.05, 4.69) is 0 Å². The van der Waals surface area contributed by atoms with E-state index in [1.807, 2.05) is 19.1 Å². The van der Waals surface area contributed by atoms with Crippen molar-refractivity contribution < 1.29 is 14.2 Å². The maximum atomic E-state index is 8.35. The predicted octanol–water partition coefficient (Wildman–Crippen LogP) is 1.56. The average Bonchev–Trinajstić information content (AvgIpc) is 2.19. The molecular weight excluding hydrogens is 196 g/mol. The van der Waals surface area contributed by atoms with Gasteiger partial charge in [-0.15, -0.1) is 0 Å². The minimum Gasteiger partial charge on any atom is -0.328 e. The first-order valence-electron chi connectivity index (χ1n) is 4.84. The molecule has 0 spiro atoms.